The van der Waals surface area contributed by atoms with Gasteiger partial charge in [-0.05, 0) is 55.3 Å². The van der Waals surface area contributed by atoms with Crippen molar-refractivity contribution in [3.8, 4) is 0 Å². The summed E-state index contributed by atoms with van der Waals surface area (Å²) >= 11 is 0. The number of unbranched alkanes of at least 4 members (excludes halogenated alkanes) is 12. The number of fused-ring (bicyclic) bond motifs is 1. The summed E-state index contributed by atoms with van der Waals surface area (Å²) in [6, 6.07) is 2.54. The highest BCUT2D eigenvalue weighted by atomic mass is 31.2. The van der Waals surface area contributed by atoms with Crippen LogP contribution in [0.15, 0.2) is 16.8 Å². The molecule has 3 rings (SSSR count). The van der Waals surface area contributed by atoms with Crippen molar-refractivity contribution in [1.82, 2.24) is 20.5 Å². The zero-order chi connectivity index (χ0) is 56.2. The first kappa shape index (κ1) is 67.5. The number of nitro benzene ring substituents is 1. The Morgan fingerprint density at radius 1 is 0.693 bits per heavy atom. The number of nitrogens with zero attached hydrogens (tertiary/aromatic N) is 4. The van der Waals surface area contributed by atoms with Gasteiger partial charge in [0.15, 0.2) is 11.6 Å². The number of hydrogen-bond acceptors (Lipinski definition) is 22. The minimum Gasteiger partial charge on any atom is -0.462 e. The van der Waals surface area contributed by atoms with E-state index in [2.05, 4.69) is 67.2 Å². The van der Waals surface area contributed by atoms with Gasteiger partial charge in [-0.15, -0.1) is 0 Å². The van der Waals surface area contributed by atoms with E-state index in [1.54, 1.807) is 0 Å². The number of nitrogens with one attached hydrogen (secondary N) is 2. The van der Waals surface area contributed by atoms with Gasteiger partial charge in [-0.1, -0.05) is 98.3 Å². The van der Waals surface area contributed by atoms with Crippen LogP contribution in [-0.2, 0) is 55.6 Å². The Morgan fingerprint density at radius 3 is 1.73 bits per heavy atom. The van der Waals surface area contributed by atoms with Crippen LogP contribution in [0.2, 0.25) is 0 Å². The molecule has 1 aromatic heterocycles. The van der Waals surface area contributed by atoms with Crippen molar-refractivity contribution in [2.45, 2.75) is 173 Å². The Bertz CT molecular complexity index is 2160. The third kappa shape index (κ3) is 27.0. The fourth-order valence-electron chi connectivity index (χ4n) is 7.62. The van der Waals surface area contributed by atoms with Crippen LogP contribution in [0.3, 0.4) is 0 Å². The largest absolute Gasteiger partial charge is 0.472 e. The van der Waals surface area contributed by atoms with E-state index < -0.39 is 102 Å². The average Bonchev–Trinajstić information content (AvgIpc) is 3.84. The molecule has 1 aromatic carbocycles. The van der Waals surface area contributed by atoms with Crippen LogP contribution in [0.4, 0.5) is 11.4 Å². The van der Waals surface area contributed by atoms with Gasteiger partial charge >= 0.3 is 41.1 Å². The normalized spacial score (nSPS) is 20.2. The van der Waals surface area contributed by atoms with E-state index in [9.17, 15) is 78.0 Å². The number of carbonyl (C=O) groups excluding carboxylic acids is 3. The molecule has 8 atom stereocenters. The van der Waals surface area contributed by atoms with Crippen LogP contribution in [0.1, 0.15) is 130 Å². The van der Waals surface area contributed by atoms with Gasteiger partial charge in [-0.3, -0.25) is 42.6 Å². The SMILES string of the molecule is CCCCCCCCCCCCCC(=O)OC[C@H](COP(=O)(O)O[C@@H]1[C@H](O)[C@H](O)[C@@H](OP(=O)(O)O)[C@H](OP(=O)(O)O)[C@H]1O)OC(=O)CCCCCNC(=O)CNc1ccc([N+](=O)[O-])c2nonc12.CCN(CC)CC. The molecule has 1 aliphatic carbocycles. The summed E-state index contributed by atoms with van der Waals surface area (Å²) in [6.45, 7) is 10.6. The number of hydrogen-bond donors (Lipinski definition) is 10. The maximum Gasteiger partial charge on any atom is 0.472 e. The minimum atomic E-state index is -5.65. The number of anilines is 1. The molecular formula is C43H77N6O23P3. The lowest BCUT2D eigenvalue weighted by atomic mass is 9.85. The first-order valence-electron chi connectivity index (χ1n) is 25.0. The van der Waals surface area contributed by atoms with Gasteiger partial charge in [-0.25, -0.2) is 18.3 Å². The second-order valence-electron chi connectivity index (χ2n) is 17.5. The van der Waals surface area contributed by atoms with Crippen molar-refractivity contribution in [1.29, 1.82) is 0 Å². The second kappa shape index (κ2) is 35.0. The summed E-state index contributed by atoms with van der Waals surface area (Å²) in [6.07, 6.45) is -4.57. The molecule has 0 aliphatic heterocycles. The van der Waals surface area contributed by atoms with Gasteiger partial charge in [-0.2, -0.15) is 0 Å². The zero-order valence-corrected chi connectivity index (χ0v) is 45.5. The van der Waals surface area contributed by atoms with E-state index in [4.69, 9.17) is 18.5 Å². The number of phosphoric ester groups is 3. The number of carbonyl (C=O) groups is 3. The van der Waals surface area contributed by atoms with E-state index in [0.717, 1.165) is 32.1 Å². The number of nitro groups is 1. The molecule has 1 saturated carbocycles. The highest BCUT2D eigenvalue weighted by Crippen LogP contribution is 2.51. The standard InChI is InChI=1S/C37H62N5O23P3.C6H15N/c1-2-3-4-5-6-7-8-9-10-11-13-16-28(44)59-22-24(23-60-68(57,58)64-35-32(46)33(47)36(62-66(51,52)53)37(34(35)48)63-67(54,55)56)61-29(45)17-14-12-15-20-38-27(43)21-39-25-18-19-26(42(49)50)31-30(25)40-65-41-31;1-4-7(5-2)6-3/h18-19,24,32-37,39,46-48H,2-17,20-23H2,1H3,(H,38,43)(H,57,58)(H2,51,52,53)(H2,54,55,56);4-6H2,1-3H3/t24-,32-,33+,34+,35-,36-,37-;/m1./s1. The highest BCUT2D eigenvalue weighted by molar-refractivity contribution is 7.47. The van der Waals surface area contributed by atoms with Gasteiger partial charge in [0.05, 0.1) is 23.8 Å². The number of aliphatic hydroxyl groups excluding tert-OH is 3. The zero-order valence-electron chi connectivity index (χ0n) is 42.8. The lowest BCUT2D eigenvalue weighted by Crippen LogP contribution is -2.65. The number of non-ortho nitro benzene ring substituents is 1. The molecule has 1 amide bonds. The number of benzene rings is 1. The molecule has 1 fully saturated rings. The van der Waals surface area contributed by atoms with Crippen LogP contribution < -0.4 is 10.6 Å². The van der Waals surface area contributed by atoms with Gasteiger partial charge in [0.25, 0.3) is 0 Å². The molecule has 0 spiro atoms. The summed E-state index contributed by atoms with van der Waals surface area (Å²) in [5, 5.41) is 55.6. The van der Waals surface area contributed by atoms with Gasteiger partial charge in [0.1, 0.15) is 43.2 Å². The highest BCUT2D eigenvalue weighted by Gasteiger charge is 2.56. The van der Waals surface area contributed by atoms with Crippen LogP contribution in [0.25, 0.3) is 11.0 Å². The predicted molar refractivity (Wildman–Crippen MR) is 266 cm³/mol. The summed E-state index contributed by atoms with van der Waals surface area (Å²) in [7, 11) is -16.8. The molecule has 75 heavy (non-hydrogen) atoms. The molecular weight excluding hydrogens is 1060 g/mol. The number of amides is 1. The lowest BCUT2D eigenvalue weighted by Gasteiger charge is -2.44. The Labute approximate surface area is 434 Å². The fourth-order valence-corrected chi connectivity index (χ4v) is 9.71. The molecule has 1 aliphatic rings. The van der Waals surface area contributed by atoms with Crippen molar-refractivity contribution in [3.63, 3.8) is 0 Å². The van der Waals surface area contributed by atoms with E-state index in [-0.39, 0.29) is 54.8 Å². The molecule has 1 heterocycles. The molecule has 432 valence electrons. The monoisotopic (exact) mass is 1140 g/mol. The lowest BCUT2D eigenvalue weighted by molar-refractivity contribution is -0.383. The number of aliphatic hydroxyl groups is 3. The van der Waals surface area contributed by atoms with Crippen LogP contribution in [-0.4, -0.2) is 166 Å². The number of aromatic nitrogens is 2. The van der Waals surface area contributed by atoms with Crippen LogP contribution >= 0.6 is 23.5 Å². The summed E-state index contributed by atoms with van der Waals surface area (Å²) < 4.78 is 69.7. The van der Waals surface area contributed by atoms with Gasteiger partial charge < -0.3 is 64.8 Å². The van der Waals surface area contributed by atoms with Crippen molar-refractivity contribution < 1.29 is 105 Å². The van der Waals surface area contributed by atoms with Gasteiger partial charge in [0, 0.05) is 25.5 Å². The van der Waals surface area contributed by atoms with Crippen molar-refractivity contribution in [2.24, 2.45) is 0 Å². The van der Waals surface area contributed by atoms with E-state index in [1.165, 1.54) is 63.9 Å². The number of ether oxygens (including phenoxy) is 2. The molecule has 0 saturated heterocycles. The summed E-state index contributed by atoms with van der Waals surface area (Å²) in [4.78, 5) is 98.4. The minimum absolute atomic E-state index is 0.0110. The summed E-state index contributed by atoms with van der Waals surface area (Å²) in [5.41, 5.74) is -0.0916. The van der Waals surface area contributed by atoms with Crippen molar-refractivity contribution in [3.05, 3.63) is 22.2 Å². The number of phosphoric acid groups is 3. The first-order valence-corrected chi connectivity index (χ1v) is 29.6. The third-order valence-corrected chi connectivity index (χ3v) is 13.7. The Kier molecular flexibility index (Phi) is 31.5. The van der Waals surface area contributed by atoms with E-state index >= 15 is 0 Å². The molecule has 32 heteroatoms. The quantitative estimate of drug-likeness (QED) is 0.0148. The molecule has 0 radical (unpaired) electrons. The topological polar surface area (TPSA) is 429 Å². The van der Waals surface area contributed by atoms with Crippen molar-refractivity contribution in [2.75, 3.05) is 51.3 Å². The first-order chi connectivity index (χ1) is 35.4. The number of rotatable bonds is 37. The maximum absolute atomic E-state index is 13.1. The summed E-state index contributed by atoms with van der Waals surface area (Å²) in [5.74, 6) is -1.98. The Balaban J connectivity index is 0.00000256. The van der Waals surface area contributed by atoms with Crippen LogP contribution in [0.5, 0.6) is 0 Å². The predicted octanol–water partition coefficient (Wildman–Crippen LogP) is 4.28. The second-order valence-corrected chi connectivity index (χ2v) is 21.3. The van der Waals surface area contributed by atoms with Gasteiger partial charge in [0.2, 0.25) is 11.4 Å². The average molecular weight is 1140 g/mol. The van der Waals surface area contributed by atoms with E-state index in [1.807, 2.05) is 0 Å². The maximum atomic E-state index is 13.1. The van der Waals surface area contributed by atoms with Crippen molar-refractivity contribution >= 4 is 63.7 Å². The molecule has 10 N–H and O–H groups in total. The Morgan fingerprint density at radius 2 is 1.20 bits per heavy atom. The van der Waals surface area contributed by atoms with Crippen LogP contribution in [0, 0.1) is 10.1 Å². The third-order valence-electron chi connectivity index (χ3n) is 11.7. The van der Waals surface area contributed by atoms with E-state index in [0.29, 0.717) is 19.3 Å². The molecule has 1 unspecified atom stereocenters. The smallest absolute Gasteiger partial charge is 0.462 e. The number of esters is 2. The Hall–Kier alpha value is -3.60. The fraction of sp³-hybridized carbons (Fsp3) is 0.791. The molecule has 29 nitrogen and oxygen atoms in total. The molecule has 0 bridgehead atoms. The molecule has 2 aromatic rings.